The van der Waals surface area contributed by atoms with Gasteiger partial charge in [-0.2, -0.15) is 0 Å². The second-order valence-electron chi connectivity index (χ2n) is 4.51. The normalized spacial score (nSPS) is 10.6. The molecule has 0 bridgehead atoms. The lowest BCUT2D eigenvalue weighted by molar-refractivity contribution is 0.0696. The van der Waals surface area contributed by atoms with E-state index < -0.39 is 5.97 Å². The van der Waals surface area contributed by atoms with Gasteiger partial charge in [0.05, 0.1) is 12.2 Å². The molecule has 0 aliphatic heterocycles. The molecule has 0 atom stereocenters. The maximum Gasteiger partial charge on any atom is 0.335 e. The van der Waals surface area contributed by atoms with Gasteiger partial charge < -0.3 is 9.84 Å². The third kappa shape index (κ3) is 3.22. The topological polar surface area (TPSA) is 46.5 Å². The fraction of sp³-hybridized carbons (Fsp3) is 0.500. The molecule has 1 aromatic carbocycles. The van der Waals surface area contributed by atoms with Crippen molar-refractivity contribution >= 4 is 5.97 Å². The molecule has 0 aromatic heterocycles. The fourth-order valence-electron chi connectivity index (χ4n) is 1.72. The zero-order valence-corrected chi connectivity index (χ0v) is 10.9. The highest BCUT2D eigenvalue weighted by Gasteiger charge is 2.15. The molecule has 94 valence electrons. The van der Waals surface area contributed by atoms with Gasteiger partial charge in [-0.15, -0.1) is 0 Å². The average Bonchev–Trinajstić information content (AvgIpc) is 2.25. The Morgan fingerprint density at radius 1 is 1.41 bits per heavy atom. The number of hydrogen-bond donors (Lipinski definition) is 1. The van der Waals surface area contributed by atoms with Crippen LogP contribution in [0.4, 0.5) is 0 Å². The molecular formula is C14H20O3. The smallest absolute Gasteiger partial charge is 0.335 e. The van der Waals surface area contributed by atoms with Gasteiger partial charge in [-0.25, -0.2) is 4.79 Å². The van der Waals surface area contributed by atoms with Crippen molar-refractivity contribution in [3.05, 3.63) is 28.8 Å². The van der Waals surface area contributed by atoms with Crippen LogP contribution in [0.1, 0.15) is 54.6 Å². The van der Waals surface area contributed by atoms with Crippen LogP contribution in [0.5, 0.6) is 5.75 Å². The van der Waals surface area contributed by atoms with E-state index in [-0.39, 0.29) is 5.92 Å². The molecule has 1 rings (SSSR count). The molecular weight excluding hydrogens is 216 g/mol. The van der Waals surface area contributed by atoms with Crippen molar-refractivity contribution in [2.45, 2.75) is 40.0 Å². The summed E-state index contributed by atoms with van der Waals surface area (Å²) >= 11 is 0. The van der Waals surface area contributed by atoms with E-state index in [2.05, 4.69) is 0 Å². The van der Waals surface area contributed by atoms with Crippen molar-refractivity contribution in [3.63, 3.8) is 0 Å². The minimum absolute atomic E-state index is 0.251. The molecule has 0 radical (unpaired) electrons. The van der Waals surface area contributed by atoms with Crippen LogP contribution in [-0.2, 0) is 0 Å². The summed E-state index contributed by atoms with van der Waals surface area (Å²) in [7, 11) is 0. The SMILES string of the molecule is CCCOc1cc(C)c(C(=O)O)cc1C(C)C. The lowest BCUT2D eigenvalue weighted by Gasteiger charge is -2.16. The number of carbonyl (C=O) groups is 1. The predicted octanol–water partition coefficient (Wildman–Crippen LogP) is 3.61. The Balaban J connectivity index is 3.20. The summed E-state index contributed by atoms with van der Waals surface area (Å²) in [6.45, 7) is 8.58. The lowest BCUT2D eigenvalue weighted by atomic mass is 9.96. The fourth-order valence-corrected chi connectivity index (χ4v) is 1.72. The summed E-state index contributed by atoms with van der Waals surface area (Å²) < 4.78 is 5.67. The molecule has 17 heavy (non-hydrogen) atoms. The van der Waals surface area contributed by atoms with E-state index in [1.165, 1.54) is 0 Å². The Bertz CT molecular complexity index is 408. The largest absolute Gasteiger partial charge is 0.493 e. The molecule has 3 nitrogen and oxygen atoms in total. The Morgan fingerprint density at radius 3 is 2.53 bits per heavy atom. The van der Waals surface area contributed by atoms with E-state index in [1.54, 1.807) is 13.0 Å². The predicted molar refractivity (Wildman–Crippen MR) is 68.0 cm³/mol. The minimum Gasteiger partial charge on any atom is -0.493 e. The van der Waals surface area contributed by atoms with E-state index in [1.807, 2.05) is 26.8 Å². The summed E-state index contributed by atoms with van der Waals surface area (Å²) in [6.07, 6.45) is 0.942. The highest BCUT2D eigenvalue weighted by atomic mass is 16.5. The lowest BCUT2D eigenvalue weighted by Crippen LogP contribution is -2.06. The Hall–Kier alpha value is -1.51. The summed E-state index contributed by atoms with van der Waals surface area (Å²) in [5.41, 5.74) is 2.06. The van der Waals surface area contributed by atoms with Crippen LogP contribution in [-0.4, -0.2) is 17.7 Å². The van der Waals surface area contributed by atoms with Gasteiger partial charge in [0.1, 0.15) is 5.75 Å². The van der Waals surface area contributed by atoms with Crippen molar-refractivity contribution in [1.82, 2.24) is 0 Å². The maximum atomic E-state index is 11.1. The molecule has 0 amide bonds. The standard InChI is InChI=1S/C14H20O3/c1-5-6-17-13-7-10(4)12(14(15)16)8-11(13)9(2)3/h7-9H,5-6H2,1-4H3,(H,15,16). The minimum atomic E-state index is -0.883. The first-order valence-corrected chi connectivity index (χ1v) is 5.98. The number of carboxylic acid groups (broad SMARTS) is 1. The number of carboxylic acids is 1. The van der Waals surface area contributed by atoms with Gasteiger partial charge in [-0.3, -0.25) is 0 Å². The molecule has 3 heteroatoms. The molecule has 0 unspecified atom stereocenters. The van der Waals surface area contributed by atoms with Crippen LogP contribution >= 0.6 is 0 Å². The number of aryl methyl sites for hydroxylation is 1. The van der Waals surface area contributed by atoms with E-state index in [4.69, 9.17) is 9.84 Å². The summed E-state index contributed by atoms with van der Waals surface area (Å²) in [4.78, 5) is 11.1. The quantitative estimate of drug-likeness (QED) is 0.849. The van der Waals surface area contributed by atoms with Crippen molar-refractivity contribution in [2.24, 2.45) is 0 Å². The monoisotopic (exact) mass is 236 g/mol. The van der Waals surface area contributed by atoms with Gasteiger partial charge in [0, 0.05) is 0 Å². The zero-order valence-electron chi connectivity index (χ0n) is 10.9. The molecule has 0 saturated heterocycles. The van der Waals surface area contributed by atoms with Gasteiger partial charge in [-0.05, 0) is 42.5 Å². The Kier molecular flexibility index (Phi) is 4.55. The van der Waals surface area contributed by atoms with Gasteiger partial charge in [0.25, 0.3) is 0 Å². The second kappa shape index (κ2) is 5.71. The third-order valence-corrected chi connectivity index (χ3v) is 2.67. The average molecular weight is 236 g/mol. The van der Waals surface area contributed by atoms with Gasteiger partial charge in [0.15, 0.2) is 0 Å². The third-order valence-electron chi connectivity index (χ3n) is 2.67. The van der Waals surface area contributed by atoms with E-state index in [9.17, 15) is 4.79 Å². The van der Waals surface area contributed by atoms with Crippen LogP contribution in [0.2, 0.25) is 0 Å². The summed E-state index contributed by atoms with van der Waals surface area (Å²) in [5, 5.41) is 9.10. The maximum absolute atomic E-state index is 11.1. The Labute approximate surface area is 102 Å². The van der Waals surface area contributed by atoms with Crippen LogP contribution in [0.25, 0.3) is 0 Å². The first kappa shape index (κ1) is 13.6. The number of aromatic carboxylic acids is 1. The van der Waals surface area contributed by atoms with E-state index >= 15 is 0 Å². The molecule has 0 aliphatic carbocycles. The first-order chi connectivity index (χ1) is 7.97. The highest BCUT2D eigenvalue weighted by Crippen LogP contribution is 2.30. The molecule has 1 aromatic rings. The van der Waals surface area contributed by atoms with Crippen LogP contribution in [0.3, 0.4) is 0 Å². The van der Waals surface area contributed by atoms with Crippen molar-refractivity contribution < 1.29 is 14.6 Å². The zero-order chi connectivity index (χ0) is 13.0. The van der Waals surface area contributed by atoms with E-state index in [0.717, 1.165) is 23.3 Å². The summed E-state index contributed by atoms with van der Waals surface area (Å²) in [5.74, 6) is 0.177. The van der Waals surface area contributed by atoms with E-state index in [0.29, 0.717) is 12.2 Å². The van der Waals surface area contributed by atoms with Crippen LogP contribution in [0.15, 0.2) is 12.1 Å². The van der Waals surface area contributed by atoms with Crippen molar-refractivity contribution in [3.8, 4) is 5.75 Å². The van der Waals surface area contributed by atoms with Gasteiger partial charge in [0.2, 0.25) is 0 Å². The van der Waals surface area contributed by atoms with Gasteiger partial charge in [-0.1, -0.05) is 20.8 Å². The van der Waals surface area contributed by atoms with Gasteiger partial charge >= 0.3 is 5.97 Å². The number of ether oxygens (including phenoxy) is 1. The molecule has 0 aliphatic rings. The molecule has 0 fully saturated rings. The van der Waals surface area contributed by atoms with Crippen LogP contribution in [0, 0.1) is 6.92 Å². The van der Waals surface area contributed by atoms with Crippen molar-refractivity contribution in [1.29, 1.82) is 0 Å². The number of rotatable bonds is 5. The molecule has 0 spiro atoms. The van der Waals surface area contributed by atoms with Crippen LogP contribution < -0.4 is 4.74 Å². The Morgan fingerprint density at radius 2 is 2.06 bits per heavy atom. The molecule has 0 saturated carbocycles. The van der Waals surface area contributed by atoms with Crippen molar-refractivity contribution in [2.75, 3.05) is 6.61 Å². The number of benzene rings is 1. The first-order valence-electron chi connectivity index (χ1n) is 5.98. The molecule has 1 N–H and O–H groups in total. The highest BCUT2D eigenvalue weighted by molar-refractivity contribution is 5.90. The summed E-state index contributed by atoms with van der Waals surface area (Å²) in [6, 6.07) is 3.56. The number of hydrogen-bond acceptors (Lipinski definition) is 2. The second-order valence-corrected chi connectivity index (χ2v) is 4.51. The molecule has 0 heterocycles.